The molecule has 12 heteroatoms. The Morgan fingerprint density at radius 3 is 2.91 bits per heavy atom. The van der Waals surface area contributed by atoms with Crippen molar-refractivity contribution in [3.63, 3.8) is 0 Å². The maximum atomic E-state index is 12.7. The maximum Gasteiger partial charge on any atom is 0.260 e. The van der Waals surface area contributed by atoms with Crippen molar-refractivity contribution in [3.05, 3.63) is 54.7 Å². The van der Waals surface area contributed by atoms with Crippen molar-refractivity contribution >= 4 is 57.5 Å². The summed E-state index contributed by atoms with van der Waals surface area (Å²) in [5.74, 6) is 1.41. The van der Waals surface area contributed by atoms with Crippen LogP contribution in [0.5, 0.6) is 11.5 Å². The van der Waals surface area contributed by atoms with E-state index in [0.717, 1.165) is 4.34 Å². The lowest BCUT2D eigenvalue weighted by Gasteiger charge is -2.08. The predicted octanol–water partition coefficient (Wildman–Crippen LogP) is 3.92. The number of hydrogen-bond donors (Lipinski definition) is 2. The van der Waals surface area contributed by atoms with Gasteiger partial charge in [-0.2, -0.15) is 0 Å². The minimum Gasteiger partial charge on any atom is -0.454 e. The summed E-state index contributed by atoms with van der Waals surface area (Å²) in [6.07, 6.45) is 3.34. The molecule has 3 aromatic rings. The fourth-order valence-corrected chi connectivity index (χ4v) is 4.90. The minimum absolute atomic E-state index is 0.0763. The number of ether oxygens (including phenoxy) is 2. The largest absolute Gasteiger partial charge is 0.454 e. The van der Waals surface area contributed by atoms with Gasteiger partial charge in [-0.05, 0) is 24.3 Å². The first-order valence-corrected chi connectivity index (χ1v) is 12.1. The van der Waals surface area contributed by atoms with Crippen molar-refractivity contribution in [2.75, 3.05) is 28.9 Å². The van der Waals surface area contributed by atoms with Crippen molar-refractivity contribution in [2.24, 2.45) is 0 Å². The standard InChI is InChI=1S/C20H17N5O4S3/c1-2-8-30-20-25-24-19(32-20)23-17(27)13-4-3-7-21-18(13)31-10-16(26)22-12-5-6-14-15(9-12)29-11-28-14/h2-7,9H,1,8,10-11H2,(H,22,26)(H,23,24,27). The Labute approximate surface area is 196 Å². The highest BCUT2D eigenvalue weighted by Crippen LogP contribution is 2.34. The molecular weight excluding hydrogens is 470 g/mol. The third-order valence-corrected chi connectivity index (χ3v) is 6.94. The number of amides is 2. The smallest absolute Gasteiger partial charge is 0.260 e. The zero-order valence-electron chi connectivity index (χ0n) is 16.6. The van der Waals surface area contributed by atoms with Crippen molar-refractivity contribution in [1.82, 2.24) is 15.2 Å². The Morgan fingerprint density at radius 2 is 2.03 bits per heavy atom. The third-order valence-electron chi connectivity index (χ3n) is 3.96. The molecule has 0 spiro atoms. The lowest BCUT2D eigenvalue weighted by atomic mass is 10.3. The van der Waals surface area contributed by atoms with Crippen LogP contribution in [-0.2, 0) is 4.79 Å². The van der Waals surface area contributed by atoms with Crippen LogP contribution in [0.1, 0.15) is 10.4 Å². The molecule has 1 aromatic carbocycles. The summed E-state index contributed by atoms with van der Waals surface area (Å²) < 4.78 is 11.3. The summed E-state index contributed by atoms with van der Waals surface area (Å²) in [7, 11) is 0. The highest BCUT2D eigenvalue weighted by Gasteiger charge is 2.17. The number of hydrogen-bond acceptors (Lipinski definition) is 10. The second-order valence-corrected chi connectivity index (χ2v) is 9.40. The molecule has 32 heavy (non-hydrogen) atoms. The quantitative estimate of drug-likeness (QED) is 0.263. The van der Waals surface area contributed by atoms with Gasteiger partial charge in [0.2, 0.25) is 17.8 Å². The summed E-state index contributed by atoms with van der Waals surface area (Å²) >= 11 is 3.93. The van der Waals surface area contributed by atoms with Crippen molar-refractivity contribution < 1.29 is 19.1 Å². The number of benzene rings is 1. The zero-order valence-corrected chi connectivity index (χ0v) is 19.0. The summed E-state index contributed by atoms with van der Waals surface area (Å²) in [6, 6.07) is 8.49. The van der Waals surface area contributed by atoms with Crippen molar-refractivity contribution in [3.8, 4) is 11.5 Å². The van der Waals surface area contributed by atoms with E-state index in [1.807, 2.05) is 0 Å². The van der Waals surface area contributed by atoms with Crippen LogP contribution in [0.4, 0.5) is 10.8 Å². The normalized spacial score (nSPS) is 11.8. The molecule has 0 atom stereocenters. The van der Waals surface area contributed by atoms with Gasteiger partial charge in [0, 0.05) is 23.7 Å². The average Bonchev–Trinajstić information content (AvgIpc) is 3.45. The van der Waals surface area contributed by atoms with Gasteiger partial charge in [0.05, 0.1) is 11.3 Å². The topological polar surface area (TPSA) is 115 Å². The Bertz CT molecular complexity index is 1150. The number of rotatable bonds is 9. The summed E-state index contributed by atoms with van der Waals surface area (Å²) in [5.41, 5.74) is 0.948. The van der Waals surface area contributed by atoms with E-state index in [1.54, 1.807) is 42.6 Å². The van der Waals surface area contributed by atoms with Gasteiger partial charge in [0.15, 0.2) is 15.8 Å². The predicted molar refractivity (Wildman–Crippen MR) is 125 cm³/mol. The van der Waals surface area contributed by atoms with Gasteiger partial charge in [0.1, 0.15) is 5.03 Å². The van der Waals surface area contributed by atoms with Crippen molar-refractivity contribution in [1.29, 1.82) is 0 Å². The van der Waals surface area contributed by atoms with Crippen molar-refractivity contribution in [2.45, 2.75) is 9.37 Å². The molecule has 0 saturated heterocycles. The molecule has 0 radical (unpaired) electrons. The number of nitrogens with zero attached hydrogens (tertiary/aromatic N) is 3. The molecular formula is C20H17N5O4S3. The molecule has 1 aliphatic heterocycles. The van der Waals surface area contributed by atoms with Crippen LogP contribution in [-0.4, -0.2) is 45.3 Å². The SMILES string of the molecule is C=CCSc1nnc(NC(=O)c2cccnc2SCC(=O)Nc2ccc3c(c2)OCO3)s1. The van der Waals surface area contributed by atoms with Crippen LogP contribution in [0.25, 0.3) is 0 Å². The van der Waals surface area contributed by atoms with E-state index in [1.165, 1.54) is 34.9 Å². The molecule has 2 aromatic heterocycles. The number of carbonyl (C=O) groups is 2. The Kier molecular flexibility index (Phi) is 7.24. The van der Waals surface area contributed by atoms with Gasteiger partial charge < -0.3 is 14.8 Å². The van der Waals surface area contributed by atoms with Gasteiger partial charge in [-0.3, -0.25) is 14.9 Å². The molecule has 3 heterocycles. The number of pyridine rings is 1. The number of nitrogens with one attached hydrogen (secondary N) is 2. The highest BCUT2D eigenvalue weighted by atomic mass is 32.2. The van der Waals surface area contributed by atoms with Gasteiger partial charge in [-0.1, -0.05) is 40.9 Å². The number of carbonyl (C=O) groups excluding carboxylic acids is 2. The Hall–Kier alpha value is -3.09. The molecule has 2 amide bonds. The van der Waals surface area contributed by atoms with Crippen LogP contribution < -0.4 is 20.1 Å². The monoisotopic (exact) mass is 487 g/mol. The number of fused-ring (bicyclic) bond motifs is 1. The Balaban J connectivity index is 1.35. The molecule has 164 valence electrons. The second kappa shape index (κ2) is 10.5. The first-order chi connectivity index (χ1) is 15.6. The molecule has 0 saturated carbocycles. The molecule has 9 nitrogen and oxygen atoms in total. The molecule has 0 unspecified atom stereocenters. The van der Waals surface area contributed by atoms with E-state index >= 15 is 0 Å². The van der Waals surface area contributed by atoms with Gasteiger partial charge in [-0.25, -0.2) is 4.98 Å². The van der Waals surface area contributed by atoms with Gasteiger partial charge in [-0.15, -0.1) is 16.8 Å². The first kappa shape index (κ1) is 22.1. The highest BCUT2D eigenvalue weighted by molar-refractivity contribution is 8.01. The van der Waals surface area contributed by atoms with E-state index in [2.05, 4.69) is 32.4 Å². The lowest BCUT2D eigenvalue weighted by molar-refractivity contribution is -0.113. The third kappa shape index (κ3) is 5.58. The fraction of sp³-hybridized carbons (Fsp3) is 0.150. The fourth-order valence-electron chi connectivity index (χ4n) is 2.60. The van der Waals surface area contributed by atoms with Gasteiger partial charge in [0.25, 0.3) is 5.91 Å². The van der Waals surface area contributed by atoms with Crippen LogP contribution >= 0.6 is 34.9 Å². The first-order valence-electron chi connectivity index (χ1n) is 9.28. The lowest BCUT2D eigenvalue weighted by Crippen LogP contribution is -2.16. The summed E-state index contributed by atoms with van der Waals surface area (Å²) in [5, 5.41) is 14.4. The molecule has 2 N–H and O–H groups in total. The molecule has 4 rings (SSSR count). The van der Waals surface area contributed by atoms with Crippen LogP contribution in [0.15, 0.2) is 58.5 Å². The second-order valence-electron chi connectivity index (χ2n) is 6.19. The number of aromatic nitrogens is 3. The maximum absolute atomic E-state index is 12.7. The minimum atomic E-state index is -0.367. The average molecular weight is 488 g/mol. The van der Waals surface area contributed by atoms with E-state index in [-0.39, 0.29) is 24.4 Å². The number of thioether (sulfide) groups is 2. The van der Waals surface area contributed by atoms with Crippen LogP contribution in [0, 0.1) is 0 Å². The van der Waals surface area contributed by atoms with Gasteiger partial charge >= 0.3 is 0 Å². The van der Waals surface area contributed by atoms with E-state index in [9.17, 15) is 9.59 Å². The molecule has 0 aliphatic carbocycles. The molecule has 1 aliphatic rings. The molecule has 0 fully saturated rings. The van der Waals surface area contributed by atoms with E-state index in [4.69, 9.17) is 9.47 Å². The summed E-state index contributed by atoms with van der Waals surface area (Å²) in [4.78, 5) is 29.4. The van der Waals surface area contributed by atoms with Crippen LogP contribution in [0.2, 0.25) is 0 Å². The van der Waals surface area contributed by atoms with E-state index in [0.29, 0.717) is 38.7 Å². The zero-order chi connectivity index (χ0) is 22.3. The Morgan fingerprint density at radius 1 is 1.16 bits per heavy atom. The number of anilines is 2. The summed E-state index contributed by atoms with van der Waals surface area (Å²) in [6.45, 7) is 3.83. The van der Waals surface area contributed by atoms with Crippen LogP contribution in [0.3, 0.4) is 0 Å². The van der Waals surface area contributed by atoms with E-state index < -0.39 is 0 Å². The molecule has 0 bridgehead atoms.